The Labute approximate surface area is 121 Å². The number of aromatic nitrogens is 4. The van der Waals surface area contributed by atoms with Gasteiger partial charge in [-0.25, -0.2) is 4.98 Å². The summed E-state index contributed by atoms with van der Waals surface area (Å²) >= 11 is 1.66. The molecule has 0 spiro atoms. The van der Waals surface area contributed by atoms with Gasteiger partial charge in [0.05, 0.1) is 17.9 Å². The average molecular weight is 287 g/mol. The molecular weight excluding hydrogens is 270 g/mol. The Bertz CT molecular complexity index is 705. The van der Waals surface area contributed by atoms with E-state index in [9.17, 15) is 0 Å². The highest BCUT2D eigenvalue weighted by molar-refractivity contribution is 7.15. The van der Waals surface area contributed by atoms with Gasteiger partial charge in [0.1, 0.15) is 0 Å². The molecule has 1 aliphatic rings. The van der Waals surface area contributed by atoms with Gasteiger partial charge in [-0.1, -0.05) is 0 Å². The van der Waals surface area contributed by atoms with Crippen LogP contribution in [0.5, 0.6) is 0 Å². The van der Waals surface area contributed by atoms with Gasteiger partial charge in [-0.15, -0.1) is 11.3 Å². The number of thiazole rings is 1. The maximum absolute atomic E-state index is 4.60. The van der Waals surface area contributed by atoms with E-state index in [4.69, 9.17) is 0 Å². The molecule has 0 atom stereocenters. The van der Waals surface area contributed by atoms with Crippen LogP contribution in [0.4, 0.5) is 0 Å². The van der Waals surface area contributed by atoms with Crippen molar-refractivity contribution in [3.8, 4) is 0 Å². The van der Waals surface area contributed by atoms with Crippen molar-refractivity contribution in [2.45, 2.75) is 38.9 Å². The van der Waals surface area contributed by atoms with Crippen LogP contribution in [0.3, 0.4) is 0 Å². The van der Waals surface area contributed by atoms with Gasteiger partial charge in [-0.2, -0.15) is 5.10 Å². The summed E-state index contributed by atoms with van der Waals surface area (Å²) in [5, 5.41) is 10.2. The minimum Gasteiger partial charge on any atom is -0.310 e. The highest BCUT2D eigenvalue weighted by Crippen LogP contribution is 2.20. The highest BCUT2D eigenvalue weighted by Gasteiger charge is 2.20. The molecule has 0 bridgehead atoms. The van der Waals surface area contributed by atoms with E-state index in [1.54, 1.807) is 11.3 Å². The van der Waals surface area contributed by atoms with Crippen molar-refractivity contribution in [2.75, 3.05) is 0 Å². The molecule has 0 saturated heterocycles. The van der Waals surface area contributed by atoms with Crippen LogP contribution in [0.1, 0.15) is 29.8 Å². The van der Waals surface area contributed by atoms with Crippen LogP contribution >= 0.6 is 11.3 Å². The number of nitrogens with zero attached hydrogens (tertiary/aromatic N) is 4. The number of imidazole rings is 1. The van der Waals surface area contributed by atoms with Gasteiger partial charge in [0.15, 0.2) is 4.96 Å². The maximum atomic E-state index is 4.60. The maximum Gasteiger partial charge on any atom is 0.193 e. The molecule has 0 aromatic carbocycles. The van der Waals surface area contributed by atoms with E-state index in [-0.39, 0.29) is 0 Å². The fourth-order valence-electron chi connectivity index (χ4n) is 2.37. The minimum atomic E-state index is 0.734. The molecule has 6 heteroatoms. The van der Waals surface area contributed by atoms with E-state index < -0.39 is 0 Å². The fourth-order valence-corrected chi connectivity index (χ4v) is 3.09. The Kier molecular flexibility index (Phi) is 2.85. The molecule has 1 saturated carbocycles. The zero-order valence-electron chi connectivity index (χ0n) is 11.4. The summed E-state index contributed by atoms with van der Waals surface area (Å²) in [7, 11) is 0. The summed E-state index contributed by atoms with van der Waals surface area (Å²) < 4.78 is 4.05. The number of hydrogen-bond donors (Lipinski definition) is 1. The Balaban J connectivity index is 1.49. The predicted octanol–water partition coefficient (Wildman–Crippen LogP) is 2.20. The van der Waals surface area contributed by atoms with E-state index in [1.807, 2.05) is 16.3 Å². The van der Waals surface area contributed by atoms with Crippen molar-refractivity contribution < 1.29 is 0 Å². The van der Waals surface area contributed by atoms with Crippen molar-refractivity contribution in [1.82, 2.24) is 24.5 Å². The van der Waals surface area contributed by atoms with E-state index >= 15 is 0 Å². The van der Waals surface area contributed by atoms with Crippen LogP contribution in [0.15, 0.2) is 24.0 Å². The molecule has 1 N–H and O–H groups in total. The number of aryl methyl sites for hydroxylation is 1. The van der Waals surface area contributed by atoms with Gasteiger partial charge in [0, 0.05) is 42.1 Å². The third-order valence-electron chi connectivity index (χ3n) is 3.67. The quantitative estimate of drug-likeness (QED) is 0.782. The number of hydrogen-bond acceptors (Lipinski definition) is 4. The zero-order chi connectivity index (χ0) is 13.5. The van der Waals surface area contributed by atoms with Crippen LogP contribution in [-0.2, 0) is 13.1 Å². The predicted molar refractivity (Wildman–Crippen MR) is 79.0 cm³/mol. The molecule has 0 unspecified atom stereocenters. The second-order valence-corrected chi connectivity index (χ2v) is 6.29. The van der Waals surface area contributed by atoms with Crippen LogP contribution in [0, 0.1) is 6.92 Å². The normalized spacial score (nSPS) is 15.2. The van der Waals surface area contributed by atoms with Crippen LogP contribution < -0.4 is 5.32 Å². The van der Waals surface area contributed by atoms with E-state index in [1.165, 1.54) is 18.4 Å². The molecule has 0 radical (unpaired) electrons. The lowest BCUT2D eigenvalue weighted by Gasteiger charge is -1.99. The largest absolute Gasteiger partial charge is 0.310 e. The first kappa shape index (κ1) is 12.1. The summed E-state index contributed by atoms with van der Waals surface area (Å²) in [4.78, 5) is 5.64. The third kappa shape index (κ3) is 2.36. The number of rotatable bonds is 5. The Morgan fingerprint density at radius 2 is 2.30 bits per heavy atom. The fraction of sp³-hybridized carbons (Fsp3) is 0.429. The van der Waals surface area contributed by atoms with E-state index in [2.05, 4.69) is 39.1 Å². The number of nitrogens with one attached hydrogen (secondary N) is 1. The average Bonchev–Trinajstić information content (AvgIpc) is 2.85. The standard InChI is InChI=1S/C14H17N5S/c1-10-11(6-15-12-2-3-12)7-19(17-10)9-13-8-18-4-5-20-14(18)16-13/h4-5,7-8,12,15H,2-3,6,9H2,1H3. The molecule has 3 aromatic rings. The SMILES string of the molecule is Cc1nn(Cc2cn3ccsc3n2)cc1CNC1CC1. The molecule has 5 nitrogen and oxygen atoms in total. The summed E-state index contributed by atoms with van der Waals surface area (Å²) in [5.74, 6) is 0. The van der Waals surface area contributed by atoms with Gasteiger partial charge in [-0.05, 0) is 19.8 Å². The Hall–Kier alpha value is -1.66. The summed E-state index contributed by atoms with van der Waals surface area (Å²) in [6.45, 7) is 3.74. The first-order chi connectivity index (χ1) is 9.78. The van der Waals surface area contributed by atoms with Crippen LogP contribution in [0.2, 0.25) is 0 Å². The molecule has 104 valence electrons. The summed E-state index contributed by atoms with van der Waals surface area (Å²) in [6, 6.07) is 0.734. The molecular formula is C14H17N5S. The molecule has 20 heavy (non-hydrogen) atoms. The van der Waals surface area contributed by atoms with Gasteiger partial charge < -0.3 is 5.32 Å². The molecule has 3 aromatic heterocycles. The Morgan fingerprint density at radius 1 is 1.40 bits per heavy atom. The molecule has 1 aliphatic carbocycles. The summed E-state index contributed by atoms with van der Waals surface area (Å²) in [6.07, 6.45) is 8.89. The number of fused-ring (bicyclic) bond motifs is 1. The first-order valence-electron chi connectivity index (χ1n) is 6.95. The third-order valence-corrected chi connectivity index (χ3v) is 4.44. The lowest BCUT2D eigenvalue weighted by Crippen LogP contribution is -2.15. The van der Waals surface area contributed by atoms with Crippen molar-refractivity contribution in [2.24, 2.45) is 0 Å². The van der Waals surface area contributed by atoms with Crippen LogP contribution in [-0.4, -0.2) is 25.2 Å². The van der Waals surface area contributed by atoms with Crippen molar-refractivity contribution in [3.05, 3.63) is 40.9 Å². The highest BCUT2D eigenvalue weighted by atomic mass is 32.1. The monoisotopic (exact) mass is 287 g/mol. The van der Waals surface area contributed by atoms with Crippen molar-refractivity contribution >= 4 is 16.3 Å². The van der Waals surface area contributed by atoms with Gasteiger partial charge in [0.2, 0.25) is 0 Å². The Morgan fingerprint density at radius 3 is 3.10 bits per heavy atom. The first-order valence-corrected chi connectivity index (χ1v) is 7.83. The lowest BCUT2D eigenvalue weighted by atomic mass is 10.2. The molecule has 1 fully saturated rings. The smallest absolute Gasteiger partial charge is 0.193 e. The van der Waals surface area contributed by atoms with Gasteiger partial charge in [-0.3, -0.25) is 9.08 Å². The van der Waals surface area contributed by atoms with E-state index in [0.29, 0.717) is 0 Å². The zero-order valence-corrected chi connectivity index (χ0v) is 12.2. The topological polar surface area (TPSA) is 47.2 Å². The van der Waals surface area contributed by atoms with Gasteiger partial charge in [0.25, 0.3) is 0 Å². The van der Waals surface area contributed by atoms with Crippen LogP contribution in [0.25, 0.3) is 4.96 Å². The summed E-state index contributed by atoms with van der Waals surface area (Å²) in [5.41, 5.74) is 3.46. The molecule has 0 aliphatic heterocycles. The molecule has 3 heterocycles. The lowest BCUT2D eigenvalue weighted by molar-refractivity contribution is 0.666. The molecule has 0 amide bonds. The second-order valence-electron chi connectivity index (χ2n) is 5.42. The van der Waals surface area contributed by atoms with E-state index in [0.717, 1.165) is 35.5 Å². The van der Waals surface area contributed by atoms with Crippen molar-refractivity contribution in [1.29, 1.82) is 0 Å². The minimum absolute atomic E-state index is 0.734. The molecule has 4 rings (SSSR count). The van der Waals surface area contributed by atoms with Gasteiger partial charge >= 0.3 is 0 Å². The van der Waals surface area contributed by atoms with Crippen molar-refractivity contribution in [3.63, 3.8) is 0 Å². The second kappa shape index (κ2) is 4.71.